The number of urea groups is 1. The molecule has 0 heterocycles. The average molecular weight is 303 g/mol. The highest BCUT2D eigenvalue weighted by Crippen LogP contribution is 2.04. The first kappa shape index (κ1) is 19.2. The van der Waals surface area contributed by atoms with Gasteiger partial charge in [0.2, 0.25) is 0 Å². The molecule has 0 saturated carbocycles. The lowest BCUT2D eigenvalue weighted by molar-refractivity contribution is -0.121. The van der Waals surface area contributed by atoms with E-state index in [1.54, 1.807) is 25.8 Å². The SMILES string of the molecule is CSCCCCNCCN(C)C(=O)NC(C)(C)C(C)=O. The van der Waals surface area contributed by atoms with Crippen LogP contribution in [0.5, 0.6) is 0 Å². The summed E-state index contributed by atoms with van der Waals surface area (Å²) in [6, 6.07) is -0.214. The van der Waals surface area contributed by atoms with Crippen LogP contribution in [-0.2, 0) is 4.79 Å². The maximum Gasteiger partial charge on any atom is 0.317 e. The zero-order valence-corrected chi connectivity index (χ0v) is 14.2. The summed E-state index contributed by atoms with van der Waals surface area (Å²) >= 11 is 1.87. The van der Waals surface area contributed by atoms with Gasteiger partial charge in [0.15, 0.2) is 5.78 Å². The van der Waals surface area contributed by atoms with Crippen LogP contribution in [0, 0.1) is 0 Å². The number of thioether (sulfide) groups is 1. The number of amides is 2. The Kier molecular flexibility index (Phi) is 9.67. The average Bonchev–Trinajstić information content (AvgIpc) is 2.36. The predicted molar refractivity (Wildman–Crippen MR) is 86.4 cm³/mol. The van der Waals surface area contributed by atoms with E-state index in [4.69, 9.17) is 0 Å². The van der Waals surface area contributed by atoms with Crippen LogP contribution in [0.15, 0.2) is 0 Å². The molecule has 0 aliphatic rings. The Morgan fingerprint density at radius 3 is 2.40 bits per heavy atom. The van der Waals surface area contributed by atoms with E-state index < -0.39 is 5.54 Å². The molecule has 6 heteroatoms. The molecule has 0 radical (unpaired) electrons. The minimum Gasteiger partial charge on any atom is -0.327 e. The van der Waals surface area contributed by atoms with Crippen molar-refractivity contribution in [2.75, 3.05) is 38.7 Å². The van der Waals surface area contributed by atoms with E-state index in [0.717, 1.165) is 19.5 Å². The highest BCUT2D eigenvalue weighted by molar-refractivity contribution is 7.98. The van der Waals surface area contributed by atoms with Crippen LogP contribution in [0.3, 0.4) is 0 Å². The van der Waals surface area contributed by atoms with E-state index in [2.05, 4.69) is 16.9 Å². The van der Waals surface area contributed by atoms with Crippen molar-refractivity contribution in [3.05, 3.63) is 0 Å². The molecule has 0 aliphatic heterocycles. The molecule has 20 heavy (non-hydrogen) atoms. The van der Waals surface area contributed by atoms with Crippen LogP contribution in [-0.4, -0.2) is 60.9 Å². The second-order valence-electron chi connectivity index (χ2n) is 5.48. The fourth-order valence-corrected chi connectivity index (χ4v) is 1.91. The number of ketones is 1. The summed E-state index contributed by atoms with van der Waals surface area (Å²) in [6.07, 6.45) is 4.49. The Balaban J connectivity index is 3.78. The maximum atomic E-state index is 11.9. The van der Waals surface area contributed by atoms with Crippen LogP contribution in [0.1, 0.15) is 33.6 Å². The highest BCUT2D eigenvalue weighted by Gasteiger charge is 2.26. The minimum atomic E-state index is -0.809. The van der Waals surface area contributed by atoms with Crippen molar-refractivity contribution in [2.24, 2.45) is 0 Å². The summed E-state index contributed by atoms with van der Waals surface area (Å²) in [5.74, 6) is 1.15. The predicted octanol–water partition coefficient (Wildman–Crippen LogP) is 1.73. The Morgan fingerprint density at radius 1 is 1.20 bits per heavy atom. The molecular weight excluding hydrogens is 274 g/mol. The van der Waals surface area contributed by atoms with Gasteiger partial charge in [0.1, 0.15) is 0 Å². The molecule has 2 N–H and O–H groups in total. The molecular formula is C14H29N3O2S. The maximum absolute atomic E-state index is 11.9. The number of hydrogen-bond donors (Lipinski definition) is 2. The summed E-state index contributed by atoms with van der Waals surface area (Å²) in [7, 11) is 1.74. The summed E-state index contributed by atoms with van der Waals surface area (Å²) in [6.45, 7) is 7.29. The van der Waals surface area contributed by atoms with Gasteiger partial charge < -0.3 is 15.5 Å². The number of hydrogen-bond acceptors (Lipinski definition) is 4. The van der Waals surface area contributed by atoms with Gasteiger partial charge in [0.25, 0.3) is 0 Å². The van der Waals surface area contributed by atoms with Gasteiger partial charge in [-0.2, -0.15) is 11.8 Å². The number of unbranched alkanes of at least 4 members (excludes halogenated alkanes) is 1. The quantitative estimate of drug-likeness (QED) is 0.603. The van der Waals surface area contributed by atoms with Gasteiger partial charge in [-0.1, -0.05) is 0 Å². The number of rotatable bonds is 10. The van der Waals surface area contributed by atoms with Crippen molar-refractivity contribution >= 4 is 23.6 Å². The smallest absolute Gasteiger partial charge is 0.317 e. The van der Waals surface area contributed by atoms with Crippen molar-refractivity contribution in [1.29, 1.82) is 0 Å². The van der Waals surface area contributed by atoms with E-state index in [-0.39, 0.29) is 11.8 Å². The van der Waals surface area contributed by atoms with Crippen LogP contribution < -0.4 is 10.6 Å². The lowest BCUT2D eigenvalue weighted by Crippen LogP contribution is -2.53. The normalized spacial score (nSPS) is 11.2. The zero-order valence-electron chi connectivity index (χ0n) is 13.4. The third-order valence-corrected chi connectivity index (χ3v) is 3.92. The number of nitrogens with zero attached hydrogens (tertiary/aromatic N) is 1. The molecule has 2 amide bonds. The molecule has 0 spiro atoms. The lowest BCUT2D eigenvalue weighted by Gasteiger charge is -2.27. The molecule has 0 aromatic heterocycles. The number of Topliss-reactive ketones (excluding diaryl/α,β-unsaturated/α-hetero) is 1. The Labute approximate surface area is 127 Å². The molecule has 0 bridgehead atoms. The van der Waals surface area contributed by atoms with Gasteiger partial charge in [0, 0.05) is 20.1 Å². The molecule has 0 fully saturated rings. The standard InChI is InChI=1S/C14H29N3O2S/c1-12(18)14(2,3)16-13(19)17(4)10-9-15-8-6-7-11-20-5/h15H,6-11H2,1-5H3,(H,16,19). The minimum absolute atomic E-state index is 0.0498. The van der Waals surface area contributed by atoms with Crippen LogP contribution in [0.25, 0.3) is 0 Å². The first-order valence-electron chi connectivity index (χ1n) is 7.05. The van der Waals surface area contributed by atoms with Gasteiger partial charge in [0.05, 0.1) is 5.54 Å². The highest BCUT2D eigenvalue weighted by atomic mass is 32.2. The van der Waals surface area contributed by atoms with Crippen molar-refractivity contribution in [3.63, 3.8) is 0 Å². The topological polar surface area (TPSA) is 61.4 Å². The Hall–Kier alpha value is -0.750. The van der Waals surface area contributed by atoms with E-state index in [1.165, 1.54) is 19.1 Å². The molecule has 0 unspecified atom stereocenters. The number of carbonyl (C=O) groups excluding carboxylic acids is 2. The Bertz CT molecular complexity index is 309. The molecule has 5 nitrogen and oxygen atoms in total. The molecule has 118 valence electrons. The largest absolute Gasteiger partial charge is 0.327 e. The first-order valence-corrected chi connectivity index (χ1v) is 8.44. The zero-order chi connectivity index (χ0) is 15.6. The van der Waals surface area contributed by atoms with Crippen molar-refractivity contribution in [3.8, 4) is 0 Å². The van der Waals surface area contributed by atoms with Crippen molar-refractivity contribution in [2.45, 2.75) is 39.2 Å². The molecule has 0 rings (SSSR count). The van der Waals surface area contributed by atoms with Crippen molar-refractivity contribution in [1.82, 2.24) is 15.5 Å². The number of carbonyl (C=O) groups is 2. The third kappa shape index (κ3) is 8.43. The fraction of sp³-hybridized carbons (Fsp3) is 0.857. The number of likely N-dealkylation sites (N-methyl/N-ethyl adjacent to an activating group) is 1. The molecule has 0 atom stereocenters. The van der Waals surface area contributed by atoms with Gasteiger partial charge in [-0.05, 0) is 52.2 Å². The summed E-state index contributed by atoms with van der Waals surface area (Å²) in [5.41, 5.74) is -0.809. The van der Waals surface area contributed by atoms with Gasteiger partial charge >= 0.3 is 6.03 Å². The van der Waals surface area contributed by atoms with E-state index in [9.17, 15) is 9.59 Å². The fourth-order valence-electron chi connectivity index (χ4n) is 1.42. The Morgan fingerprint density at radius 2 is 1.85 bits per heavy atom. The first-order chi connectivity index (χ1) is 9.31. The number of nitrogens with one attached hydrogen (secondary N) is 2. The molecule has 0 saturated heterocycles. The van der Waals surface area contributed by atoms with E-state index in [1.807, 2.05) is 11.8 Å². The molecule has 0 aromatic carbocycles. The second-order valence-corrected chi connectivity index (χ2v) is 6.47. The van der Waals surface area contributed by atoms with Crippen LogP contribution >= 0.6 is 11.8 Å². The summed E-state index contributed by atoms with van der Waals surface area (Å²) in [5, 5.41) is 6.05. The van der Waals surface area contributed by atoms with E-state index in [0.29, 0.717) is 6.54 Å². The van der Waals surface area contributed by atoms with Gasteiger partial charge in [-0.3, -0.25) is 4.79 Å². The van der Waals surface area contributed by atoms with Crippen molar-refractivity contribution < 1.29 is 9.59 Å². The lowest BCUT2D eigenvalue weighted by atomic mass is 10.0. The second kappa shape index (κ2) is 10.0. The monoisotopic (exact) mass is 303 g/mol. The summed E-state index contributed by atoms with van der Waals surface area (Å²) < 4.78 is 0. The summed E-state index contributed by atoms with van der Waals surface area (Å²) in [4.78, 5) is 24.9. The van der Waals surface area contributed by atoms with Gasteiger partial charge in [-0.25, -0.2) is 4.79 Å². The van der Waals surface area contributed by atoms with Gasteiger partial charge in [-0.15, -0.1) is 0 Å². The van der Waals surface area contributed by atoms with Crippen LogP contribution in [0.2, 0.25) is 0 Å². The third-order valence-electron chi connectivity index (χ3n) is 3.22. The van der Waals surface area contributed by atoms with E-state index >= 15 is 0 Å². The molecule has 0 aromatic rings. The van der Waals surface area contributed by atoms with Crippen LogP contribution in [0.4, 0.5) is 4.79 Å². The molecule has 0 aliphatic carbocycles.